The van der Waals surface area contributed by atoms with Crippen molar-refractivity contribution in [1.82, 2.24) is 4.90 Å². The molecule has 0 aromatic heterocycles. The number of esters is 1. The molecule has 1 aromatic rings. The van der Waals surface area contributed by atoms with E-state index in [2.05, 4.69) is 4.90 Å². The molecule has 0 saturated carbocycles. The quantitative estimate of drug-likeness (QED) is 0.758. The molecule has 0 fully saturated rings. The first-order valence-electron chi connectivity index (χ1n) is 6.25. The summed E-state index contributed by atoms with van der Waals surface area (Å²) in [6, 6.07) is 5.89. The third kappa shape index (κ3) is 3.38. The fourth-order valence-corrected chi connectivity index (χ4v) is 2.16. The zero-order valence-corrected chi connectivity index (χ0v) is 11.5. The van der Waals surface area contributed by atoms with Crippen molar-refractivity contribution < 1.29 is 19.0 Å². The maximum absolute atomic E-state index is 11.4. The molecule has 1 aromatic carbocycles. The van der Waals surface area contributed by atoms with Gasteiger partial charge in [-0.2, -0.15) is 0 Å². The molecule has 0 bridgehead atoms. The van der Waals surface area contributed by atoms with Crippen LogP contribution in [0.5, 0.6) is 11.5 Å². The first kappa shape index (κ1) is 13.7. The van der Waals surface area contributed by atoms with Crippen molar-refractivity contribution in [2.45, 2.75) is 13.5 Å². The van der Waals surface area contributed by atoms with Crippen LogP contribution in [-0.4, -0.2) is 38.4 Å². The average molecular weight is 265 g/mol. The van der Waals surface area contributed by atoms with Gasteiger partial charge in [-0.05, 0) is 24.7 Å². The van der Waals surface area contributed by atoms with Gasteiger partial charge in [-0.1, -0.05) is 13.0 Å². The Labute approximate surface area is 113 Å². The lowest BCUT2D eigenvalue weighted by molar-refractivity contribution is -0.145. The minimum Gasteiger partial charge on any atom is -0.469 e. The number of ether oxygens (including phenoxy) is 3. The Hall–Kier alpha value is -1.75. The van der Waals surface area contributed by atoms with Crippen LogP contribution in [0.3, 0.4) is 0 Å². The standard InChI is InChI=1S/C14H19NO4/c1-10(14(16)17-3)7-15(2)8-11-4-5-12-13(6-11)19-9-18-12/h4-6,10H,7-9H2,1-3H3. The molecule has 104 valence electrons. The second-order valence-corrected chi connectivity index (χ2v) is 4.81. The lowest BCUT2D eigenvalue weighted by atomic mass is 10.1. The van der Waals surface area contributed by atoms with Crippen LogP contribution in [-0.2, 0) is 16.1 Å². The van der Waals surface area contributed by atoms with E-state index in [0.717, 1.165) is 23.6 Å². The number of rotatable bonds is 5. The van der Waals surface area contributed by atoms with E-state index in [-0.39, 0.29) is 18.7 Å². The van der Waals surface area contributed by atoms with Crippen LogP contribution in [0.1, 0.15) is 12.5 Å². The largest absolute Gasteiger partial charge is 0.469 e. The topological polar surface area (TPSA) is 48.0 Å². The fourth-order valence-electron chi connectivity index (χ4n) is 2.16. The highest BCUT2D eigenvalue weighted by molar-refractivity contribution is 5.72. The van der Waals surface area contributed by atoms with Crippen LogP contribution in [0.25, 0.3) is 0 Å². The SMILES string of the molecule is COC(=O)C(C)CN(C)Cc1ccc2c(c1)OCO2. The van der Waals surface area contributed by atoms with Crippen LogP contribution in [0.4, 0.5) is 0 Å². The summed E-state index contributed by atoms with van der Waals surface area (Å²) in [7, 11) is 3.39. The van der Waals surface area contributed by atoms with E-state index in [4.69, 9.17) is 14.2 Å². The van der Waals surface area contributed by atoms with Crippen LogP contribution in [0.15, 0.2) is 18.2 Å². The van der Waals surface area contributed by atoms with Crippen molar-refractivity contribution in [2.75, 3.05) is 27.5 Å². The molecule has 0 aliphatic carbocycles. The Morgan fingerprint density at radius 3 is 2.89 bits per heavy atom. The molecule has 1 unspecified atom stereocenters. The summed E-state index contributed by atoms with van der Waals surface area (Å²) >= 11 is 0. The highest BCUT2D eigenvalue weighted by atomic mass is 16.7. The van der Waals surface area contributed by atoms with Gasteiger partial charge in [0.15, 0.2) is 11.5 Å². The van der Waals surface area contributed by atoms with E-state index < -0.39 is 0 Å². The predicted molar refractivity (Wildman–Crippen MR) is 70.1 cm³/mol. The maximum Gasteiger partial charge on any atom is 0.309 e. The van der Waals surface area contributed by atoms with Gasteiger partial charge >= 0.3 is 5.97 Å². The fraction of sp³-hybridized carbons (Fsp3) is 0.500. The van der Waals surface area contributed by atoms with E-state index >= 15 is 0 Å². The van der Waals surface area contributed by atoms with Gasteiger partial charge in [-0.3, -0.25) is 4.79 Å². The molecule has 5 nitrogen and oxygen atoms in total. The van der Waals surface area contributed by atoms with Gasteiger partial charge in [0.1, 0.15) is 0 Å². The summed E-state index contributed by atoms with van der Waals surface area (Å²) in [5.41, 5.74) is 1.13. The smallest absolute Gasteiger partial charge is 0.309 e. The molecule has 5 heteroatoms. The van der Waals surface area contributed by atoms with E-state index in [1.54, 1.807) is 0 Å². The molecule has 2 rings (SSSR count). The molecule has 1 atom stereocenters. The van der Waals surface area contributed by atoms with Crippen LogP contribution < -0.4 is 9.47 Å². The Kier molecular flexibility index (Phi) is 4.27. The van der Waals surface area contributed by atoms with E-state index in [1.165, 1.54) is 7.11 Å². The molecule has 19 heavy (non-hydrogen) atoms. The number of nitrogens with zero attached hydrogens (tertiary/aromatic N) is 1. The monoisotopic (exact) mass is 265 g/mol. The summed E-state index contributed by atoms with van der Waals surface area (Å²) in [6.45, 7) is 3.55. The molecule has 0 amide bonds. The van der Waals surface area contributed by atoms with Gasteiger partial charge in [0, 0.05) is 13.1 Å². The Bertz CT molecular complexity index is 461. The summed E-state index contributed by atoms with van der Waals surface area (Å²) in [5, 5.41) is 0. The van der Waals surface area contributed by atoms with Gasteiger partial charge in [0.25, 0.3) is 0 Å². The van der Waals surface area contributed by atoms with E-state index in [9.17, 15) is 4.79 Å². The average Bonchev–Trinajstić information content (AvgIpc) is 2.84. The Balaban J connectivity index is 1.92. The van der Waals surface area contributed by atoms with Crippen molar-refractivity contribution in [3.05, 3.63) is 23.8 Å². The minimum atomic E-state index is -0.183. The molecule has 0 N–H and O–H groups in total. The lowest BCUT2D eigenvalue weighted by Crippen LogP contribution is -2.29. The van der Waals surface area contributed by atoms with Gasteiger partial charge in [-0.15, -0.1) is 0 Å². The molecule has 1 aliphatic heterocycles. The summed E-state index contributed by atoms with van der Waals surface area (Å²) < 4.78 is 15.3. The maximum atomic E-state index is 11.4. The Morgan fingerprint density at radius 2 is 2.16 bits per heavy atom. The van der Waals surface area contributed by atoms with Gasteiger partial charge in [-0.25, -0.2) is 0 Å². The Morgan fingerprint density at radius 1 is 1.42 bits per heavy atom. The van der Waals surface area contributed by atoms with E-state index in [1.807, 2.05) is 32.2 Å². The third-order valence-electron chi connectivity index (χ3n) is 3.08. The number of hydrogen-bond acceptors (Lipinski definition) is 5. The summed E-state index contributed by atoms with van der Waals surface area (Å²) in [6.07, 6.45) is 0. The van der Waals surface area contributed by atoms with Gasteiger partial charge < -0.3 is 19.1 Å². The number of hydrogen-bond donors (Lipinski definition) is 0. The second-order valence-electron chi connectivity index (χ2n) is 4.81. The first-order valence-corrected chi connectivity index (χ1v) is 6.25. The summed E-state index contributed by atoms with van der Waals surface area (Å²) in [5.74, 6) is 1.25. The minimum absolute atomic E-state index is 0.135. The summed E-state index contributed by atoms with van der Waals surface area (Å²) in [4.78, 5) is 13.5. The molecule has 1 heterocycles. The van der Waals surface area contributed by atoms with Crippen molar-refractivity contribution in [3.63, 3.8) is 0 Å². The van der Waals surface area contributed by atoms with Gasteiger partial charge in [0.2, 0.25) is 6.79 Å². The van der Waals surface area contributed by atoms with Gasteiger partial charge in [0.05, 0.1) is 13.0 Å². The number of carbonyl (C=O) groups is 1. The molecule has 0 radical (unpaired) electrons. The van der Waals surface area contributed by atoms with Crippen molar-refractivity contribution in [2.24, 2.45) is 5.92 Å². The zero-order valence-electron chi connectivity index (χ0n) is 11.5. The molecular weight excluding hydrogens is 246 g/mol. The molecule has 0 saturated heterocycles. The zero-order chi connectivity index (χ0) is 13.8. The lowest BCUT2D eigenvalue weighted by Gasteiger charge is -2.20. The first-order chi connectivity index (χ1) is 9.10. The number of benzene rings is 1. The third-order valence-corrected chi connectivity index (χ3v) is 3.08. The predicted octanol–water partition coefficient (Wildman–Crippen LogP) is 1.66. The molecular formula is C14H19NO4. The van der Waals surface area contributed by atoms with E-state index in [0.29, 0.717) is 6.54 Å². The normalized spacial score (nSPS) is 14.5. The van der Waals surface area contributed by atoms with Crippen LogP contribution in [0.2, 0.25) is 0 Å². The number of fused-ring (bicyclic) bond motifs is 1. The number of carbonyl (C=O) groups excluding carboxylic acids is 1. The second kappa shape index (κ2) is 5.93. The highest BCUT2D eigenvalue weighted by Gasteiger charge is 2.17. The van der Waals surface area contributed by atoms with Crippen molar-refractivity contribution in [1.29, 1.82) is 0 Å². The van der Waals surface area contributed by atoms with Crippen LogP contribution >= 0.6 is 0 Å². The van der Waals surface area contributed by atoms with Crippen molar-refractivity contribution >= 4 is 5.97 Å². The van der Waals surface area contributed by atoms with Crippen LogP contribution in [0, 0.1) is 5.92 Å². The highest BCUT2D eigenvalue weighted by Crippen LogP contribution is 2.32. The van der Waals surface area contributed by atoms with Crippen molar-refractivity contribution in [3.8, 4) is 11.5 Å². The molecule has 0 spiro atoms. The number of methoxy groups -OCH3 is 1. The molecule has 1 aliphatic rings.